The number of fused-ring (bicyclic) bond motifs is 1. The molecule has 146 valence electrons. The van der Waals surface area contributed by atoms with E-state index in [-0.39, 0.29) is 5.91 Å². The second-order valence-electron chi connectivity index (χ2n) is 7.92. The number of nitrogens with zero attached hydrogens (tertiary/aromatic N) is 3. The van der Waals surface area contributed by atoms with Crippen molar-refractivity contribution in [2.24, 2.45) is 5.92 Å². The summed E-state index contributed by atoms with van der Waals surface area (Å²) in [4.78, 5) is 19.3. The molecule has 0 bridgehead atoms. The van der Waals surface area contributed by atoms with Gasteiger partial charge in [0.05, 0.1) is 6.54 Å². The molecule has 28 heavy (non-hydrogen) atoms. The third-order valence-corrected chi connectivity index (χ3v) is 5.59. The van der Waals surface area contributed by atoms with Crippen molar-refractivity contribution in [2.45, 2.75) is 38.1 Å². The number of likely N-dealkylation sites (tertiary alicyclic amines) is 1. The third-order valence-electron chi connectivity index (χ3n) is 5.59. The fraction of sp³-hybridized carbons (Fsp3) is 0.476. The lowest BCUT2D eigenvalue weighted by atomic mass is 9.98. The SMILES string of the molecule is O=C(NCC1CCCN(Cc2nc(C3CC3)no2)C1)c1cc2ccccc2o1. The van der Waals surface area contributed by atoms with Gasteiger partial charge < -0.3 is 14.3 Å². The summed E-state index contributed by atoms with van der Waals surface area (Å²) < 4.78 is 11.1. The van der Waals surface area contributed by atoms with E-state index in [4.69, 9.17) is 8.94 Å². The minimum atomic E-state index is -0.153. The van der Waals surface area contributed by atoms with Gasteiger partial charge in [0.2, 0.25) is 5.89 Å². The Kier molecular flexibility index (Phi) is 4.60. The second-order valence-corrected chi connectivity index (χ2v) is 7.92. The molecule has 2 aromatic heterocycles. The van der Waals surface area contributed by atoms with E-state index in [9.17, 15) is 4.79 Å². The normalized spacial score (nSPS) is 20.5. The number of aromatic nitrogens is 2. The van der Waals surface area contributed by atoms with E-state index in [1.807, 2.05) is 24.3 Å². The Morgan fingerprint density at radius 3 is 3.00 bits per heavy atom. The molecule has 1 N–H and O–H groups in total. The summed E-state index contributed by atoms with van der Waals surface area (Å²) in [5.41, 5.74) is 0.738. The topological polar surface area (TPSA) is 84.4 Å². The molecule has 0 radical (unpaired) electrons. The highest BCUT2D eigenvalue weighted by Crippen LogP contribution is 2.38. The molecular weight excluding hydrogens is 356 g/mol. The van der Waals surface area contributed by atoms with E-state index < -0.39 is 0 Å². The van der Waals surface area contributed by atoms with Crippen molar-refractivity contribution in [1.29, 1.82) is 0 Å². The van der Waals surface area contributed by atoms with Crippen LogP contribution in [0.4, 0.5) is 0 Å². The number of carbonyl (C=O) groups is 1. The Morgan fingerprint density at radius 1 is 1.25 bits per heavy atom. The van der Waals surface area contributed by atoms with Gasteiger partial charge in [-0.2, -0.15) is 4.98 Å². The van der Waals surface area contributed by atoms with Crippen molar-refractivity contribution in [3.05, 3.63) is 47.8 Å². The molecule has 1 atom stereocenters. The van der Waals surface area contributed by atoms with Crippen molar-refractivity contribution < 1.29 is 13.7 Å². The smallest absolute Gasteiger partial charge is 0.287 e. The summed E-state index contributed by atoms with van der Waals surface area (Å²) in [5, 5.41) is 8.07. The number of hydrogen-bond acceptors (Lipinski definition) is 6. The van der Waals surface area contributed by atoms with Crippen LogP contribution < -0.4 is 5.32 Å². The van der Waals surface area contributed by atoms with Crippen LogP contribution in [-0.2, 0) is 6.54 Å². The van der Waals surface area contributed by atoms with Crippen molar-refractivity contribution in [3.63, 3.8) is 0 Å². The zero-order chi connectivity index (χ0) is 18.9. The van der Waals surface area contributed by atoms with E-state index >= 15 is 0 Å². The largest absolute Gasteiger partial charge is 0.451 e. The lowest BCUT2D eigenvalue weighted by Gasteiger charge is -2.31. The second kappa shape index (κ2) is 7.39. The predicted octanol–water partition coefficient (Wildman–Crippen LogP) is 3.34. The first-order valence-electron chi connectivity index (χ1n) is 10.1. The number of nitrogens with one attached hydrogen (secondary N) is 1. The number of para-hydroxylation sites is 1. The van der Waals surface area contributed by atoms with Gasteiger partial charge >= 0.3 is 0 Å². The van der Waals surface area contributed by atoms with Crippen LogP contribution in [0.5, 0.6) is 0 Å². The lowest BCUT2D eigenvalue weighted by Crippen LogP contribution is -2.40. The Bertz CT molecular complexity index is 942. The molecule has 5 rings (SSSR count). The van der Waals surface area contributed by atoms with E-state index in [0.717, 1.165) is 42.7 Å². The van der Waals surface area contributed by atoms with E-state index in [0.29, 0.717) is 36.6 Å². The number of piperidine rings is 1. The molecule has 1 unspecified atom stereocenters. The summed E-state index contributed by atoms with van der Waals surface area (Å²) in [6.45, 7) is 3.27. The molecule has 0 spiro atoms. The Labute approximate surface area is 163 Å². The van der Waals surface area contributed by atoms with Crippen LogP contribution in [0.15, 0.2) is 39.3 Å². The van der Waals surface area contributed by atoms with Gasteiger partial charge in [-0.3, -0.25) is 9.69 Å². The van der Waals surface area contributed by atoms with E-state index in [1.54, 1.807) is 6.07 Å². The Morgan fingerprint density at radius 2 is 2.14 bits per heavy atom. The number of furan rings is 1. The molecule has 1 aliphatic carbocycles. The van der Waals surface area contributed by atoms with Gasteiger partial charge in [0.15, 0.2) is 11.6 Å². The van der Waals surface area contributed by atoms with E-state index in [2.05, 4.69) is 20.4 Å². The summed E-state index contributed by atoms with van der Waals surface area (Å²) in [6.07, 6.45) is 4.56. The molecule has 7 heteroatoms. The molecule has 2 aliphatic rings. The number of hydrogen-bond donors (Lipinski definition) is 1. The van der Waals surface area contributed by atoms with Gasteiger partial charge in [0.25, 0.3) is 5.91 Å². The molecule has 3 aromatic rings. The molecule has 1 saturated carbocycles. The zero-order valence-corrected chi connectivity index (χ0v) is 15.8. The summed E-state index contributed by atoms with van der Waals surface area (Å²) in [7, 11) is 0. The van der Waals surface area contributed by atoms with Crippen LogP contribution >= 0.6 is 0 Å². The molecular formula is C21H24N4O3. The number of benzene rings is 1. The first-order chi connectivity index (χ1) is 13.7. The standard InChI is InChI=1S/C21H24N4O3/c26-21(18-10-16-5-1-2-6-17(16)27-18)22-11-14-4-3-9-25(12-14)13-19-23-20(24-28-19)15-7-8-15/h1-2,5-6,10,14-15H,3-4,7-9,11-13H2,(H,22,26). The van der Waals surface area contributed by atoms with Gasteiger partial charge in [-0.15, -0.1) is 0 Å². The summed E-state index contributed by atoms with van der Waals surface area (Å²) in [6, 6.07) is 9.46. The maximum absolute atomic E-state index is 12.5. The van der Waals surface area contributed by atoms with Crippen molar-refractivity contribution in [3.8, 4) is 0 Å². The minimum Gasteiger partial charge on any atom is -0.451 e. The molecule has 3 heterocycles. The fourth-order valence-corrected chi connectivity index (χ4v) is 3.91. The maximum atomic E-state index is 12.5. The summed E-state index contributed by atoms with van der Waals surface area (Å²) >= 11 is 0. The third kappa shape index (κ3) is 3.80. The minimum absolute atomic E-state index is 0.153. The van der Waals surface area contributed by atoms with Gasteiger partial charge in [0.1, 0.15) is 5.58 Å². The number of carbonyl (C=O) groups excluding carboxylic acids is 1. The quantitative estimate of drug-likeness (QED) is 0.706. The molecule has 7 nitrogen and oxygen atoms in total. The average Bonchev–Trinajstić information content (AvgIpc) is 3.30. The first-order valence-corrected chi connectivity index (χ1v) is 10.1. The van der Waals surface area contributed by atoms with Gasteiger partial charge in [-0.25, -0.2) is 0 Å². The molecule has 1 saturated heterocycles. The highest BCUT2D eigenvalue weighted by atomic mass is 16.5. The van der Waals surface area contributed by atoms with Crippen LogP contribution in [0.2, 0.25) is 0 Å². The highest BCUT2D eigenvalue weighted by Gasteiger charge is 2.29. The molecule has 1 aliphatic heterocycles. The van der Waals surface area contributed by atoms with Crippen LogP contribution in [-0.4, -0.2) is 40.6 Å². The molecule has 1 amide bonds. The monoisotopic (exact) mass is 380 g/mol. The van der Waals surface area contributed by atoms with Gasteiger partial charge in [0, 0.05) is 24.4 Å². The number of rotatable bonds is 6. The molecule has 2 fully saturated rings. The Hall–Kier alpha value is -2.67. The first kappa shape index (κ1) is 17.4. The predicted molar refractivity (Wildman–Crippen MR) is 103 cm³/mol. The van der Waals surface area contributed by atoms with Crippen LogP contribution in [0.1, 0.15) is 53.9 Å². The highest BCUT2D eigenvalue weighted by molar-refractivity contribution is 5.96. The molecule has 1 aromatic carbocycles. The average molecular weight is 380 g/mol. The number of amides is 1. The van der Waals surface area contributed by atoms with Crippen LogP contribution in [0, 0.1) is 5.92 Å². The van der Waals surface area contributed by atoms with E-state index in [1.165, 1.54) is 12.8 Å². The van der Waals surface area contributed by atoms with Crippen molar-refractivity contribution in [2.75, 3.05) is 19.6 Å². The lowest BCUT2D eigenvalue weighted by molar-refractivity contribution is 0.0901. The zero-order valence-electron chi connectivity index (χ0n) is 15.8. The van der Waals surface area contributed by atoms with Crippen molar-refractivity contribution >= 4 is 16.9 Å². The van der Waals surface area contributed by atoms with Gasteiger partial charge in [-0.05, 0) is 50.3 Å². The van der Waals surface area contributed by atoms with Crippen LogP contribution in [0.3, 0.4) is 0 Å². The van der Waals surface area contributed by atoms with Crippen LogP contribution in [0.25, 0.3) is 11.0 Å². The Balaban J connectivity index is 1.14. The van der Waals surface area contributed by atoms with Gasteiger partial charge in [-0.1, -0.05) is 23.4 Å². The maximum Gasteiger partial charge on any atom is 0.287 e. The van der Waals surface area contributed by atoms with Crippen molar-refractivity contribution in [1.82, 2.24) is 20.4 Å². The summed E-state index contributed by atoms with van der Waals surface area (Å²) in [5.74, 6) is 2.70. The fourth-order valence-electron chi connectivity index (χ4n) is 3.91.